The van der Waals surface area contributed by atoms with E-state index < -0.39 is 0 Å². The number of rotatable bonds is 6. The summed E-state index contributed by atoms with van der Waals surface area (Å²) >= 11 is 5.17. The van der Waals surface area contributed by atoms with Crippen LogP contribution in [0.5, 0.6) is 0 Å². The molecule has 5 heteroatoms. The van der Waals surface area contributed by atoms with E-state index in [4.69, 9.17) is 17.0 Å². The maximum Gasteiger partial charge on any atom is 0.166 e. The molecule has 0 saturated heterocycles. The molecule has 0 aliphatic carbocycles. The van der Waals surface area contributed by atoms with Crippen LogP contribution in [0.25, 0.3) is 0 Å². The maximum atomic E-state index is 5.17. The molecule has 1 rings (SSSR count). The van der Waals surface area contributed by atoms with Gasteiger partial charge in [0.1, 0.15) is 0 Å². The van der Waals surface area contributed by atoms with E-state index in [2.05, 4.69) is 21.7 Å². The van der Waals surface area contributed by atoms with E-state index in [-0.39, 0.29) is 6.04 Å². The molecule has 0 aliphatic rings. The molecular formula is C12H19N3OS. The third-order valence-corrected chi connectivity index (χ3v) is 2.48. The maximum absolute atomic E-state index is 5.17. The lowest BCUT2D eigenvalue weighted by molar-refractivity contribution is 0.179. The lowest BCUT2D eigenvalue weighted by atomic mass is 10.2. The minimum atomic E-state index is 0.221. The van der Waals surface area contributed by atoms with Crippen LogP contribution in [-0.2, 0) is 11.2 Å². The zero-order valence-electron chi connectivity index (χ0n) is 10.3. The van der Waals surface area contributed by atoms with Gasteiger partial charge in [0, 0.05) is 32.1 Å². The van der Waals surface area contributed by atoms with Crippen LogP contribution in [0, 0.1) is 0 Å². The van der Waals surface area contributed by atoms with E-state index in [1.54, 1.807) is 13.3 Å². The lowest BCUT2D eigenvalue weighted by Gasteiger charge is -2.16. The lowest BCUT2D eigenvalue weighted by Crippen LogP contribution is -2.43. The smallest absolute Gasteiger partial charge is 0.166 e. The van der Waals surface area contributed by atoms with Crippen LogP contribution in [0.15, 0.2) is 24.5 Å². The first kappa shape index (κ1) is 13.9. The first-order valence-corrected chi connectivity index (χ1v) is 6.05. The first-order chi connectivity index (χ1) is 8.22. The van der Waals surface area contributed by atoms with Gasteiger partial charge in [-0.1, -0.05) is 6.07 Å². The number of pyridine rings is 1. The molecule has 0 bridgehead atoms. The van der Waals surface area contributed by atoms with E-state index in [0.29, 0.717) is 11.7 Å². The summed E-state index contributed by atoms with van der Waals surface area (Å²) in [5.74, 6) is 0. The van der Waals surface area contributed by atoms with Crippen LogP contribution in [0.2, 0.25) is 0 Å². The highest BCUT2D eigenvalue weighted by Crippen LogP contribution is 1.95. The van der Waals surface area contributed by atoms with Gasteiger partial charge in [0.25, 0.3) is 0 Å². The van der Waals surface area contributed by atoms with Gasteiger partial charge in [0.05, 0.1) is 6.61 Å². The topological polar surface area (TPSA) is 46.2 Å². The van der Waals surface area contributed by atoms with Gasteiger partial charge in [-0.15, -0.1) is 0 Å². The number of thiocarbonyl (C=S) groups is 1. The van der Waals surface area contributed by atoms with Crippen LogP contribution < -0.4 is 10.6 Å². The van der Waals surface area contributed by atoms with Gasteiger partial charge in [0.15, 0.2) is 5.11 Å². The highest BCUT2D eigenvalue weighted by atomic mass is 32.1. The Balaban J connectivity index is 2.16. The molecule has 1 unspecified atom stereocenters. The molecule has 1 aromatic rings. The second kappa shape index (κ2) is 7.97. The molecule has 94 valence electrons. The zero-order valence-corrected chi connectivity index (χ0v) is 11.1. The predicted molar refractivity (Wildman–Crippen MR) is 73.0 cm³/mol. The highest BCUT2D eigenvalue weighted by molar-refractivity contribution is 7.80. The van der Waals surface area contributed by atoms with Gasteiger partial charge in [-0.05, 0) is 37.2 Å². The molecule has 1 atom stereocenters. The van der Waals surface area contributed by atoms with Crippen molar-refractivity contribution in [3.05, 3.63) is 30.1 Å². The van der Waals surface area contributed by atoms with Gasteiger partial charge < -0.3 is 15.4 Å². The standard InChI is InChI=1S/C12H19N3OS/c1-10(9-16-2)15-12(17)14-7-5-11-4-3-6-13-8-11/h3-4,6,8,10H,5,7,9H2,1-2H3,(H2,14,15,17). The Morgan fingerprint density at radius 2 is 2.41 bits per heavy atom. The van der Waals surface area contributed by atoms with Gasteiger partial charge in [0.2, 0.25) is 0 Å². The molecule has 0 spiro atoms. The Kier molecular flexibility index (Phi) is 6.50. The zero-order chi connectivity index (χ0) is 12.5. The highest BCUT2D eigenvalue weighted by Gasteiger charge is 2.02. The molecule has 2 N–H and O–H groups in total. The minimum absolute atomic E-state index is 0.221. The van der Waals surface area contributed by atoms with Crippen molar-refractivity contribution in [2.45, 2.75) is 19.4 Å². The number of nitrogens with zero attached hydrogens (tertiary/aromatic N) is 1. The molecule has 0 saturated carbocycles. The van der Waals surface area contributed by atoms with Crippen LogP contribution in [0.4, 0.5) is 0 Å². The van der Waals surface area contributed by atoms with Crippen molar-refractivity contribution in [3.63, 3.8) is 0 Å². The van der Waals surface area contributed by atoms with Gasteiger partial charge in [-0.3, -0.25) is 4.98 Å². The first-order valence-electron chi connectivity index (χ1n) is 5.64. The van der Waals surface area contributed by atoms with Gasteiger partial charge in [-0.25, -0.2) is 0 Å². The fourth-order valence-electron chi connectivity index (χ4n) is 1.43. The predicted octanol–water partition coefficient (Wildman–Crippen LogP) is 1.12. The number of ether oxygens (including phenoxy) is 1. The van der Waals surface area contributed by atoms with Crippen molar-refractivity contribution in [2.24, 2.45) is 0 Å². The van der Waals surface area contributed by atoms with Crippen LogP contribution in [0.3, 0.4) is 0 Å². The van der Waals surface area contributed by atoms with Crippen molar-refractivity contribution in [1.29, 1.82) is 0 Å². The number of nitrogens with one attached hydrogen (secondary N) is 2. The van der Waals surface area contributed by atoms with Gasteiger partial charge >= 0.3 is 0 Å². The Hall–Kier alpha value is -1.20. The van der Waals surface area contributed by atoms with Crippen LogP contribution in [-0.4, -0.2) is 36.4 Å². The number of methoxy groups -OCH3 is 1. The summed E-state index contributed by atoms with van der Waals surface area (Å²) in [6, 6.07) is 4.21. The Bertz CT molecular complexity index is 332. The second-order valence-corrected chi connectivity index (χ2v) is 4.28. The molecule has 1 heterocycles. The third kappa shape index (κ3) is 6.19. The van der Waals surface area contributed by atoms with E-state index in [0.717, 1.165) is 13.0 Å². The van der Waals surface area contributed by atoms with Gasteiger partial charge in [-0.2, -0.15) is 0 Å². The summed E-state index contributed by atoms with van der Waals surface area (Å²) in [4.78, 5) is 4.06. The summed E-state index contributed by atoms with van der Waals surface area (Å²) in [5.41, 5.74) is 1.20. The van der Waals surface area contributed by atoms with Crippen molar-refractivity contribution in [3.8, 4) is 0 Å². The number of hydrogen-bond acceptors (Lipinski definition) is 3. The molecule has 0 aromatic carbocycles. The SMILES string of the molecule is COCC(C)NC(=S)NCCc1cccnc1. The summed E-state index contributed by atoms with van der Waals surface area (Å²) in [6.07, 6.45) is 4.55. The van der Waals surface area contributed by atoms with E-state index in [9.17, 15) is 0 Å². The molecule has 17 heavy (non-hydrogen) atoms. The quantitative estimate of drug-likeness (QED) is 0.744. The van der Waals surface area contributed by atoms with Crippen LogP contribution in [0.1, 0.15) is 12.5 Å². The fraction of sp³-hybridized carbons (Fsp3) is 0.500. The van der Waals surface area contributed by atoms with Crippen molar-refractivity contribution < 1.29 is 4.74 Å². The number of hydrogen-bond donors (Lipinski definition) is 2. The van der Waals surface area contributed by atoms with Crippen molar-refractivity contribution in [2.75, 3.05) is 20.3 Å². The van der Waals surface area contributed by atoms with Crippen LogP contribution >= 0.6 is 12.2 Å². The van der Waals surface area contributed by atoms with Crippen molar-refractivity contribution in [1.82, 2.24) is 15.6 Å². The monoisotopic (exact) mass is 253 g/mol. The largest absolute Gasteiger partial charge is 0.383 e. The summed E-state index contributed by atoms with van der Waals surface area (Å²) in [5, 5.41) is 6.97. The Morgan fingerprint density at radius 3 is 3.06 bits per heavy atom. The molecule has 0 amide bonds. The fourth-order valence-corrected chi connectivity index (χ4v) is 1.74. The van der Waals surface area contributed by atoms with Crippen molar-refractivity contribution >= 4 is 17.3 Å². The molecule has 0 fully saturated rings. The summed E-state index contributed by atoms with van der Waals surface area (Å²) in [7, 11) is 1.68. The van der Waals surface area contributed by atoms with E-state index in [1.165, 1.54) is 5.56 Å². The average molecular weight is 253 g/mol. The molecule has 4 nitrogen and oxygen atoms in total. The van der Waals surface area contributed by atoms with E-state index in [1.807, 2.05) is 19.2 Å². The Morgan fingerprint density at radius 1 is 1.59 bits per heavy atom. The summed E-state index contributed by atoms with van der Waals surface area (Å²) in [6.45, 7) is 3.47. The molecular weight excluding hydrogens is 234 g/mol. The summed E-state index contributed by atoms with van der Waals surface area (Å²) < 4.78 is 5.02. The molecule has 0 aliphatic heterocycles. The Labute approximate surface area is 108 Å². The normalized spacial score (nSPS) is 11.9. The van der Waals surface area contributed by atoms with E-state index >= 15 is 0 Å². The third-order valence-electron chi connectivity index (χ3n) is 2.22. The molecule has 0 radical (unpaired) electrons. The number of aromatic nitrogens is 1. The molecule has 1 aromatic heterocycles. The minimum Gasteiger partial charge on any atom is -0.383 e. The second-order valence-electron chi connectivity index (χ2n) is 3.87. The average Bonchev–Trinajstić information content (AvgIpc) is 2.30.